The van der Waals surface area contributed by atoms with Crippen LogP contribution in [0.4, 0.5) is 10.5 Å². The fourth-order valence-corrected chi connectivity index (χ4v) is 6.18. The van der Waals surface area contributed by atoms with E-state index in [1.165, 1.54) is 0 Å². The van der Waals surface area contributed by atoms with Crippen molar-refractivity contribution < 1.29 is 23.9 Å². The SMILES string of the molecule is C[N+](C(=O)c1ccccc1Cl)(C1CCN(c2ccncc2)CC1)C1CCc2cc(OC(=O)O)ccc21. The Kier molecular flexibility index (Phi) is 6.69. The molecule has 2 atom stereocenters. The summed E-state index contributed by atoms with van der Waals surface area (Å²) in [4.78, 5) is 31.8. The quantitative estimate of drug-likeness (QED) is 0.270. The van der Waals surface area contributed by atoms with Gasteiger partial charge in [-0.15, -0.1) is 0 Å². The standard InChI is InChI=1S/C28H28ClN3O4/c1-32(27(33)24-4-2-3-5-25(24)29,21-12-16-31(17-13-21)20-10-14-30-15-11-20)26-9-6-19-18-22(36-28(34)35)7-8-23(19)26/h2-5,7-8,10-11,14-15,18,21,26H,6,9,12-13,16-17H2,1H3/p+1. The van der Waals surface area contributed by atoms with Gasteiger partial charge in [-0.25, -0.2) is 14.1 Å². The molecule has 3 aromatic rings. The molecule has 1 aliphatic heterocycles. The van der Waals surface area contributed by atoms with Gasteiger partial charge in [0.1, 0.15) is 11.8 Å². The largest absolute Gasteiger partial charge is 0.511 e. The van der Waals surface area contributed by atoms with Crippen LogP contribution in [0.25, 0.3) is 0 Å². The van der Waals surface area contributed by atoms with Crippen molar-refractivity contribution in [1.82, 2.24) is 4.98 Å². The van der Waals surface area contributed by atoms with E-state index in [-0.39, 0.29) is 22.5 Å². The monoisotopic (exact) mass is 506 g/mol. The van der Waals surface area contributed by atoms with Crippen molar-refractivity contribution in [3.8, 4) is 5.75 Å². The van der Waals surface area contributed by atoms with E-state index in [9.17, 15) is 9.59 Å². The van der Waals surface area contributed by atoms with Crippen LogP contribution in [0, 0.1) is 0 Å². The Bertz CT molecular complexity index is 1280. The lowest BCUT2D eigenvalue weighted by molar-refractivity contribution is -0.887. The molecule has 1 N–H and O–H groups in total. The van der Waals surface area contributed by atoms with E-state index in [0.29, 0.717) is 16.3 Å². The van der Waals surface area contributed by atoms with Crippen LogP contribution in [0.15, 0.2) is 67.0 Å². The molecule has 7 nitrogen and oxygen atoms in total. The van der Waals surface area contributed by atoms with Crippen molar-refractivity contribution >= 4 is 29.4 Å². The van der Waals surface area contributed by atoms with Gasteiger partial charge in [-0.3, -0.25) is 4.98 Å². The number of carboxylic acid groups (broad SMARTS) is 1. The highest BCUT2D eigenvalue weighted by atomic mass is 35.5. The Morgan fingerprint density at radius 1 is 1.06 bits per heavy atom. The van der Waals surface area contributed by atoms with Gasteiger partial charge in [-0.1, -0.05) is 23.7 Å². The molecule has 5 rings (SSSR count). The molecule has 186 valence electrons. The number of anilines is 1. The fourth-order valence-electron chi connectivity index (χ4n) is 5.96. The van der Waals surface area contributed by atoms with Crippen LogP contribution in [0.5, 0.6) is 5.75 Å². The lowest BCUT2D eigenvalue weighted by Crippen LogP contribution is -2.60. The van der Waals surface area contributed by atoms with Gasteiger partial charge in [0.25, 0.3) is 0 Å². The molecule has 1 aromatic heterocycles. The normalized spacial score (nSPS) is 19.4. The minimum Gasteiger partial charge on any atom is -0.449 e. The highest BCUT2D eigenvalue weighted by Crippen LogP contribution is 2.45. The first-order chi connectivity index (χ1) is 17.4. The summed E-state index contributed by atoms with van der Waals surface area (Å²) >= 11 is 6.53. The first kappa shape index (κ1) is 24.3. The second-order valence-electron chi connectivity index (χ2n) is 9.64. The van der Waals surface area contributed by atoms with Gasteiger partial charge < -0.3 is 14.7 Å². The lowest BCUT2D eigenvalue weighted by Gasteiger charge is -2.47. The first-order valence-corrected chi connectivity index (χ1v) is 12.6. The number of ether oxygens (including phenoxy) is 1. The number of halogens is 1. The Morgan fingerprint density at radius 2 is 1.78 bits per heavy atom. The van der Waals surface area contributed by atoms with Crippen LogP contribution < -0.4 is 9.64 Å². The number of hydrogen-bond acceptors (Lipinski definition) is 5. The average Bonchev–Trinajstić information content (AvgIpc) is 3.32. The third-order valence-corrected chi connectivity index (χ3v) is 8.14. The number of aromatic nitrogens is 1. The zero-order chi connectivity index (χ0) is 25.3. The zero-order valence-corrected chi connectivity index (χ0v) is 20.9. The molecule has 2 heterocycles. The highest BCUT2D eigenvalue weighted by Gasteiger charge is 2.51. The van der Waals surface area contributed by atoms with E-state index in [1.807, 2.05) is 36.4 Å². The molecule has 2 unspecified atom stereocenters. The maximum Gasteiger partial charge on any atom is 0.511 e. The van der Waals surface area contributed by atoms with Crippen molar-refractivity contribution in [2.24, 2.45) is 0 Å². The molecule has 1 aliphatic carbocycles. The van der Waals surface area contributed by atoms with Gasteiger partial charge in [-0.2, -0.15) is 0 Å². The Hall–Kier alpha value is -3.42. The molecule has 1 fully saturated rings. The molecule has 0 saturated carbocycles. The van der Waals surface area contributed by atoms with Crippen LogP contribution in [0.3, 0.4) is 0 Å². The first-order valence-electron chi connectivity index (χ1n) is 12.2. The van der Waals surface area contributed by atoms with Crippen LogP contribution >= 0.6 is 11.6 Å². The molecule has 1 amide bonds. The number of aryl methyl sites for hydroxylation is 1. The van der Waals surface area contributed by atoms with E-state index >= 15 is 0 Å². The Balaban J connectivity index is 1.49. The lowest BCUT2D eigenvalue weighted by atomic mass is 9.93. The number of carbonyl (C=O) groups is 2. The zero-order valence-electron chi connectivity index (χ0n) is 20.1. The summed E-state index contributed by atoms with van der Waals surface area (Å²) < 4.78 is 5.12. The molecule has 0 radical (unpaired) electrons. The molecule has 0 spiro atoms. The predicted molar refractivity (Wildman–Crippen MR) is 138 cm³/mol. The summed E-state index contributed by atoms with van der Waals surface area (Å²) in [6.07, 6.45) is 5.56. The van der Waals surface area contributed by atoms with Crippen LogP contribution in [-0.2, 0) is 6.42 Å². The van der Waals surface area contributed by atoms with E-state index < -0.39 is 6.16 Å². The second-order valence-corrected chi connectivity index (χ2v) is 10.0. The van der Waals surface area contributed by atoms with Gasteiger partial charge in [0, 0.05) is 56.0 Å². The highest BCUT2D eigenvalue weighted by molar-refractivity contribution is 6.33. The molecule has 8 heteroatoms. The molecule has 36 heavy (non-hydrogen) atoms. The predicted octanol–water partition coefficient (Wildman–Crippen LogP) is 5.74. The van der Waals surface area contributed by atoms with Crippen molar-refractivity contribution in [2.45, 2.75) is 37.8 Å². The second kappa shape index (κ2) is 9.91. The van der Waals surface area contributed by atoms with Gasteiger partial charge in [0.15, 0.2) is 0 Å². The third-order valence-electron chi connectivity index (χ3n) is 7.81. The van der Waals surface area contributed by atoms with Crippen molar-refractivity contribution in [3.63, 3.8) is 0 Å². The van der Waals surface area contributed by atoms with E-state index in [2.05, 4.69) is 16.9 Å². The summed E-state index contributed by atoms with van der Waals surface area (Å²) in [6.45, 7) is 1.70. The minimum absolute atomic E-state index is 0.0201. The van der Waals surface area contributed by atoms with Gasteiger partial charge >= 0.3 is 12.1 Å². The molecule has 0 bridgehead atoms. The van der Waals surface area contributed by atoms with Crippen LogP contribution in [0.1, 0.15) is 46.8 Å². The van der Waals surface area contributed by atoms with E-state index in [4.69, 9.17) is 21.4 Å². The number of benzene rings is 2. The third kappa shape index (κ3) is 4.45. The summed E-state index contributed by atoms with van der Waals surface area (Å²) in [5.41, 5.74) is 3.79. The maximum absolute atomic E-state index is 14.3. The molecule has 1 saturated heterocycles. The molecular formula is C28H29ClN3O4+. The summed E-state index contributed by atoms with van der Waals surface area (Å²) in [6, 6.07) is 16.8. The number of pyridine rings is 1. The van der Waals surface area contributed by atoms with E-state index in [0.717, 1.165) is 55.6 Å². The number of fused-ring (bicyclic) bond motifs is 1. The molecule has 2 aliphatic rings. The number of carbonyl (C=O) groups excluding carboxylic acids is 1. The number of hydrogen-bond donors (Lipinski definition) is 1. The molecule has 2 aromatic carbocycles. The van der Waals surface area contributed by atoms with Gasteiger partial charge in [0.05, 0.1) is 23.7 Å². The minimum atomic E-state index is -1.33. The average molecular weight is 507 g/mol. The number of quaternary nitrogens is 1. The number of rotatable bonds is 5. The topological polar surface area (TPSA) is 79.7 Å². The smallest absolute Gasteiger partial charge is 0.449 e. The number of piperidine rings is 1. The molecular weight excluding hydrogens is 478 g/mol. The van der Waals surface area contributed by atoms with Crippen LogP contribution in [-0.4, -0.2) is 52.8 Å². The van der Waals surface area contributed by atoms with Gasteiger partial charge in [0.2, 0.25) is 0 Å². The van der Waals surface area contributed by atoms with Gasteiger partial charge in [-0.05, 0) is 54.4 Å². The van der Waals surface area contributed by atoms with Crippen molar-refractivity contribution in [2.75, 3.05) is 25.0 Å². The Labute approximate surface area is 215 Å². The maximum atomic E-state index is 14.3. The number of amides is 1. The summed E-state index contributed by atoms with van der Waals surface area (Å²) in [5, 5.41) is 9.47. The fraction of sp³-hybridized carbons (Fsp3) is 0.321. The Morgan fingerprint density at radius 3 is 2.47 bits per heavy atom. The van der Waals surface area contributed by atoms with Crippen molar-refractivity contribution in [3.05, 3.63) is 88.7 Å². The summed E-state index contributed by atoms with van der Waals surface area (Å²) in [7, 11) is 2.06. The van der Waals surface area contributed by atoms with E-state index in [1.54, 1.807) is 30.6 Å². The number of nitrogens with zero attached hydrogens (tertiary/aromatic N) is 3. The summed E-state index contributed by atoms with van der Waals surface area (Å²) in [5.74, 6) is 0.325. The van der Waals surface area contributed by atoms with Crippen molar-refractivity contribution in [1.29, 1.82) is 0 Å². The van der Waals surface area contributed by atoms with Crippen LogP contribution in [0.2, 0.25) is 5.02 Å².